The Labute approximate surface area is 162 Å². The molecule has 2 aromatic carbocycles. The van der Waals surface area contributed by atoms with Crippen LogP contribution in [0.4, 0.5) is 0 Å². The van der Waals surface area contributed by atoms with Crippen LogP contribution in [-0.2, 0) is 13.2 Å². The van der Waals surface area contributed by atoms with E-state index < -0.39 is 0 Å². The van der Waals surface area contributed by atoms with Gasteiger partial charge in [0.15, 0.2) is 0 Å². The number of nitrogens with zero attached hydrogens (tertiary/aromatic N) is 1. The lowest BCUT2D eigenvalue weighted by Gasteiger charge is -2.11. The van der Waals surface area contributed by atoms with Crippen molar-refractivity contribution < 1.29 is 4.74 Å². The van der Waals surface area contributed by atoms with Crippen LogP contribution >= 0.6 is 36.4 Å². The zero-order valence-corrected chi connectivity index (χ0v) is 16.4. The van der Waals surface area contributed by atoms with Crippen LogP contribution in [0.2, 0.25) is 5.02 Å². The van der Waals surface area contributed by atoms with Gasteiger partial charge in [0, 0.05) is 24.7 Å². The molecule has 0 unspecified atom stereocenters. The summed E-state index contributed by atoms with van der Waals surface area (Å²) < 4.78 is 5.77. The van der Waals surface area contributed by atoms with Crippen LogP contribution in [0.1, 0.15) is 11.1 Å². The lowest BCUT2D eigenvalue weighted by Crippen LogP contribution is -2.26. The molecule has 2 aromatic rings. The van der Waals surface area contributed by atoms with Gasteiger partial charge < -0.3 is 15.0 Å². The number of nitrogens with one attached hydrogen (secondary N) is 1. The van der Waals surface area contributed by atoms with Gasteiger partial charge in [0.25, 0.3) is 0 Å². The van der Waals surface area contributed by atoms with Gasteiger partial charge in [-0.1, -0.05) is 35.9 Å². The van der Waals surface area contributed by atoms with Crippen molar-refractivity contribution in [1.82, 2.24) is 10.2 Å². The van der Waals surface area contributed by atoms with Crippen LogP contribution in [0.15, 0.2) is 48.5 Å². The molecule has 2 rings (SSSR count). The van der Waals surface area contributed by atoms with Crippen LogP contribution in [-0.4, -0.2) is 32.1 Å². The number of likely N-dealkylation sites (N-methyl/N-ethyl adjacent to an activating group) is 1. The third-order valence-electron chi connectivity index (χ3n) is 3.31. The molecule has 0 fully saturated rings. The number of rotatable bonds is 8. The number of ether oxygens (including phenoxy) is 1. The Hall–Kier alpha value is -0.970. The highest BCUT2D eigenvalue weighted by atomic mass is 35.5. The zero-order chi connectivity index (χ0) is 15.8. The predicted molar refractivity (Wildman–Crippen MR) is 107 cm³/mol. The van der Waals surface area contributed by atoms with E-state index in [1.807, 2.05) is 36.4 Å². The Morgan fingerprint density at radius 3 is 2.08 bits per heavy atom. The fourth-order valence-corrected chi connectivity index (χ4v) is 2.11. The average molecular weight is 392 g/mol. The maximum Gasteiger partial charge on any atom is 0.119 e. The molecule has 0 bridgehead atoms. The summed E-state index contributed by atoms with van der Waals surface area (Å²) in [5.41, 5.74) is 2.37. The van der Waals surface area contributed by atoms with Gasteiger partial charge in [0.05, 0.1) is 0 Å². The molecule has 134 valence electrons. The van der Waals surface area contributed by atoms with Gasteiger partial charge in [-0.15, -0.1) is 24.8 Å². The SMILES string of the molecule is CN(C)CCNCc1ccc(OCc2ccc(Cl)cc2)cc1.Cl.Cl. The van der Waals surface area contributed by atoms with Crippen LogP contribution in [0.25, 0.3) is 0 Å². The zero-order valence-electron chi connectivity index (χ0n) is 14.0. The van der Waals surface area contributed by atoms with Crippen molar-refractivity contribution in [1.29, 1.82) is 0 Å². The summed E-state index contributed by atoms with van der Waals surface area (Å²) in [6, 6.07) is 15.9. The van der Waals surface area contributed by atoms with Crippen molar-refractivity contribution in [3.63, 3.8) is 0 Å². The molecule has 0 aromatic heterocycles. The van der Waals surface area contributed by atoms with E-state index in [1.165, 1.54) is 5.56 Å². The molecule has 0 aliphatic carbocycles. The highest BCUT2D eigenvalue weighted by Gasteiger charge is 1.98. The smallest absolute Gasteiger partial charge is 0.119 e. The minimum absolute atomic E-state index is 0. The number of hydrogen-bond acceptors (Lipinski definition) is 3. The summed E-state index contributed by atoms with van der Waals surface area (Å²) in [6.45, 7) is 3.47. The van der Waals surface area contributed by atoms with E-state index in [-0.39, 0.29) is 24.8 Å². The average Bonchev–Trinajstić information content (AvgIpc) is 2.52. The molecule has 0 atom stereocenters. The maximum atomic E-state index is 5.87. The predicted octanol–water partition coefficient (Wildman–Crippen LogP) is 4.41. The first-order chi connectivity index (χ1) is 10.6. The third kappa shape index (κ3) is 8.76. The number of halogens is 3. The minimum atomic E-state index is 0. The second-order valence-electron chi connectivity index (χ2n) is 5.54. The largest absolute Gasteiger partial charge is 0.489 e. The van der Waals surface area contributed by atoms with Crippen LogP contribution in [0.5, 0.6) is 5.75 Å². The summed E-state index contributed by atoms with van der Waals surface area (Å²) in [4.78, 5) is 2.17. The Balaban J connectivity index is 0.00000264. The first kappa shape index (κ1) is 23.0. The quantitative estimate of drug-likeness (QED) is 0.674. The summed E-state index contributed by atoms with van der Waals surface area (Å²) in [5, 5.41) is 4.17. The molecule has 6 heteroatoms. The first-order valence-electron chi connectivity index (χ1n) is 7.45. The van der Waals surface area contributed by atoms with Gasteiger partial charge in [-0.3, -0.25) is 0 Å². The van der Waals surface area contributed by atoms with Crippen molar-refractivity contribution in [3.8, 4) is 5.75 Å². The van der Waals surface area contributed by atoms with Gasteiger partial charge in [0.2, 0.25) is 0 Å². The van der Waals surface area contributed by atoms with E-state index in [9.17, 15) is 0 Å². The van der Waals surface area contributed by atoms with Gasteiger partial charge >= 0.3 is 0 Å². The van der Waals surface area contributed by atoms with Crippen LogP contribution < -0.4 is 10.1 Å². The molecule has 0 amide bonds. The molecule has 0 saturated carbocycles. The molecule has 0 aliphatic rings. The Morgan fingerprint density at radius 1 is 0.917 bits per heavy atom. The third-order valence-corrected chi connectivity index (χ3v) is 3.56. The molecule has 1 N–H and O–H groups in total. The van der Waals surface area contributed by atoms with E-state index >= 15 is 0 Å². The molecule has 0 saturated heterocycles. The summed E-state index contributed by atoms with van der Waals surface area (Å²) >= 11 is 5.87. The van der Waals surface area contributed by atoms with Gasteiger partial charge in [-0.2, -0.15) is 0 Å². The maximum absolute atomic E-state index is 5.87. The molecule has 0 aliphatic heterocycles. The number of hydrogen-bond donors (Lipinski definition) is 1. The Kier molecular flexibility index (Phi) is 11.9. The second-order valence-corrected chi connectivity index (χ2v) is 5.98. The second kappa shape index (κ2) is 12.4. The molecule has 0 radical (unpaired) electrons. The summed E-state index contributed by atoms with van der Waals surface area (Å²) in [6.07, 6.45) is 0. The molecule has 24 heavy (non-hydrogen) atoms. The monoisotopic (exact) mass is 390 g/mol. The van der Waals surface area contributed by atoms with Crippen molar-refractivity contribution in [3.05, 3.63) is 64.7 Å². The molecule has 3 nitrogen and oxygen atoms in total. The molecule has 0 heterocycles. The molecular formula is C18H25Cl3N2O. The normalized spacial score (nSPS) is 10.0. The fourth-order valence-electron chi connectivity index (χ4n) is 1.99. The van der Waals surface area contributed by atoms with Crippen molar-refractivity contribution in [2.75, 3.05) is 27.2 Å². The highest BCUT2D eigenvalue weighted by molar-refractivity contribution is 6.30. The minimum Gasteiger partial charge on any atom is -0.489 e. The van der Waals surface area contributed by atoms with Crippen LogP contribution in [0.3, 0.4) is 0 Å². The van der Waals surface area contributed by atoms with E-state index in [1.54, 1.807) is 0 Å². The van der Waals surface area contributed by atoms with Crippen molar-refractivity contribution in [2.24, 2.45) is 0 Å². The standard InChI is InChI=1S/C18H23ClN2O.2ClH/c1-21(2)12-11-20-13-15-5-9-18(10-6-15)22-14-16-3-7-17(19)8-4-16;;/h3-10,20H,11-14H2,1-2H3;2*1H. The van der Waals surface area contributed by atoms with Crippen molar-refractivity contribution >= 4 is 36.4 Å². The Bertz CT molecular complexity index is 559. The lowest BCUT2D eigenvalue weighted by atomic mass is 10.2. The summed E-state index contributed by atoms with van der Waals surface area (Å²) in [5.74, 6) is 0.881. The summed E-state index contributed by atoms with van der Waals surface area (Å²) in [7, 11) is 4.16. The van der Waals surface area contributed by atoms with E-state index in [0.29, 0.717) is 6.61 Å². The molecule has 0 spiro atoms. The van der Waals surface area contributed by atoms with Crippen molar-refractivity contribution in [2.45, 2.75) is 13.2 Å². The lowest BCUT2D eigenvalue weighted by molar-refractivity contribution is 0.306. The first-order valence-corrected chi connectivity index (χ1v) is 7.83. The van der Waals surface area contributed by atoms with E-state index in [0.717, 1.165) is 36.0 Å². The van der Waals surface area contributed by atoms with Gasteiger partial charge in [-0.05, 0) is 49.5 Å². The highest BCUT2D eigenvalue weighted by Crippen LogP contribution is 2.15. The van der Waals surface area contributed by atoms with E-state index in [2.05, 4.69) is 36.4 Å². The Morgan fingerprint density at radius 2 is 1.50 bits per heavy atom. The number of benzene rings is 2. The van der Waals surface area contributed by atoms with Gasteiger partial charge in [-0.25, -0.2) is 0 Å². The topological polar surface area (TPSA) is 24.5 Å². The fraction of sp³-hybridized carbons (Fsp3) is 0.333. The van der Waals surface area contributed by atoms with Gasteiger partial charge in [0.1, 0.15) is 12.4 Å². The van der Waals surface area contributed by atoms with E-state index in [4.69, 9.17) is 16.3 Å². The van der Waals surface area contributed by atoms with Crippen LogP contribution in [0, 0.1) is 0 Å². The molecular weight excluding hydrogens is 367 g/mol.